The van der Waals surface area contributed by atoms with Crippen molar-refractivity contribution in [3.05, 3.63) is 54.1 Å². The molecule has 9 heteroatoms. The summed E-state index contributed by atoms with van der Waals surface area (Å²) in [6.45, 7) is 12.8. The lowest BCUT2D eigenvalue weighted by molar-refractivity contribution is -0.143. The minimum absolute atomic E-state index is 0.0306. The SMILES string of the molecule is COc1ccc(NC(=O)C(c2cccc(O)c2)N(C(=O)C(C)NC(=O)OC(C)(C)C)C(C)CCC(C)C)cc1. The van der Waals surface area contributed by atoms with Crippen molar-refractivity contribution >= 4 is 23.6 Å². The summed E-state index contributed by atoms with van der Waals surface area (Å²) < 4.78 is 10.5. The van der Waals surface area contributed by atoms with E-state index in [9.17, 15) is 19.5 Å². The molecule has 0 fully saturated rings. The third kappa shape index (κ3) is 9.81. The fourth-order valence-corrected chi connectivity index (χ4v) is 4.10. The number of ether oxygens (including phenoxy) is 2. The van der Waals surface area contributed by atoms with Gasteiger partial charge in [-0.05, 0) is 95.3 Å². The monoisotopic (exact) mass is 541 g/mol. The lowest BCUT2D eigenvalue weighted by atomic mass is 9.97. The molecule has 3 atom stereocenters. The second kappa shape index (κ2) is 13.9. The first kappa shape index (κ1) is 31.5. The molecule has 0 spiro atoms. The molecule has 0 bridgehead atoms. The average molecular weight is 542 g/mol. The number of hydrogen-bond donors (Lipinski definition) is 3. The summed E-state index contributed by atoms with van der Waals surface area (Å²) in [7, 11) is 1.56. The zero-order chi connectivity index (χ0) is 29.3. The van der Waals surface area contributed by atoms with Crippen LogP contribution in [0.25, 0.3) is 0 Å². The Morgan fingerprint density at radius 3 is 2.15 bits per heavy atom. The summed E-state index contributed by atoms with van der Waals surface area (Å²) >= 11 is 0. The van der Waals surface area contributed by atoms with Gasteiger partial charge in [-0.25, -0.2) is 4.79 Å². The van der Waals surface area contributed by atoms with Crippen LogP contribution in [0.5, 0.6) is 11.5 Å². The Kier molecular flexibility index (Phi) is 11.2. The molecule has 3 amide bonds. The van der Waals surface area contributed by atoms with Gasteiger partial charge in [-0.15, -0.1) is 0 Å². The number of phenols is 1. The number of anilines is 1. The molecule has 0 aliphatic heterocycles. The van der Waals surface area contributed by atoms with E-state index in [0.717, 1.165) is 6.42 Å². The van der Waals surface area contributed by atoms with Gasteiger partial charge in [0.25, 0.3) is 5.91 Å². The van der Waals surface area contributed by atoms with Crippen LogP contribution >= 0.6 is 0 Å². The first-order valence-electron chi connectivity index (χ1n) is 13.3. The Balaban J connectivity index is 2.50. The lowest BCUT2D eigenvalue weighted by Crippen LogP contribution is -2.54. The first-order valence-corrected chi connectivity index (χ1v) is 13.3. The van der Waals surface area contributed by atoms with Crippen molar-refractivity contribution in [3.8, 4) is 11.5 Å². The maximum atomic E-state index is 14.0. The van der Waals surface area contributed by atoms with E-state index < -0.39 is 35.6 Å². The number of aromatic hydroxyl groups is 1. The van der Waals surface area contributed by atoms with Gasteiger partial charge in [0.05, 0.1) is 7.11 Å². The van der Waals surface area contributed by atoms with Gasteiger partial charge in [-0.1, -0.05) is 26.0 Å². The molecule has 0 aliphatic carbocycles. The molecule has 0 saturated heterocycles. The molecule has 3 N–H and O–H groups in total. The molecule has 2 aromatic rings. The molecule has 2 rings (SSSR count). The van der Waals surface area contributed by atoms with Gasteiger partial charge in [-0.3, -0.25) is 9.59 Å². The molecule has 0 aromatic heterocycles. The van der Waals surface area contributed by atoms with Crippen molar-refractivity contribution in [2.45, 2.75) is 85.0 Å². The van der Waals surface area contributed by atoms with Gasteiger partial charge in [0, 0.05) is 11.7 Å². The van der Waals surface area contributed by atoms with Crippen LogP contribution in [0, 0.1) is 5.92 Å². The van der Waals surface area contributed by atoms with Gasteiger partial charge in [-0.2, -0.15) is 0 Å². The van der Waals surface area contributed by atoms with Crippen molar-refractivity contribution in [3.63, 3.8) is 0 Å². The molecular weight excluding hydrogens is 498 g/mol. The number of phenolic OH excluding ortho intramolecular Hbond substituents is 1. The van der Waals surface area contributed by atoms with E-state index in [-0.39, 0.29) is 11.8 Å². The zero-order valence-electron chi connectivity index (χ0n) is 24.3. The number of carbonyl (C=O) groups excluding carboxylic acids is 3. The number of nitrogens with zero attached hydrogens (tertiary/aromatic N) is 1. The summed E-state index contributed by atoms with van der Waals surface area (Å²) in [6, 6.07) is 10.7. The highest BCUT2D eigenvalue weighted by molar-refractivity contribution is 5.99. The smallest absolute Gasteiger partial charge is 0.408 e. The van der Waals surface area contributed by atoms with E-state index in [0.29, 0.717) is 29.3 Å². The van der Waals surface area contributed by atoms with E-state index in [4.69, 9.17) is 9.47 Å². The van der Waals surface area contributed by atoms with Crippen molar-refractivity contribution in [2.24, 2.45) is 5.92 Å². The lowest BCUT2D eigenvalue weighted by Gasteiger charge is -2.38. The van der Waals surface area contributed by atoms with Crippen molar-refractivity contribution in [2.75, 3.05) is 12.4 Å². The van der Waals surface area contributed by atoms with Crippen LogP contribution in [0.2, 0.25) is 0 Å². The maximum Gasteiger partial charge on any atom is 0.408 e. The zero-order valence-corrected chi connectivity index (χ0v) is 24.3. The van der Waals surface area contributed by atoms with Crippen LogP contribution < -0.4 is 15.4 Å². The highest BCUT2D eigenvalue weighted by atomic mass is 16.6. The third-order valence-corrected chi connectivity index (χ3v) is 6.06. The normalized spacial score (nSPS) is 13.7. The van der Waals surface area contributed by atoms with Crippen LogP contribution in [0.4, 0.5) is 10.5 Å². The van der Waals surface area contributed by atoms with Gasteiger partial charge in [0.1, 0.15) is 29.2 Å². The number of benzene rings is 2. The minimum atomic E-state index is -1.09. The van der Waals surface area contributed by atoms with Crippen molar-refractivity contribution in [1.82, 2.24) is 10.2 Å². The number of rotatable bonds is 11. The Morgan fingerprint density at radius 1 is 0.974 bits per heavy atom. The number of nitrogens with one attached hydrogen (secondary N) is 2. The number of alkyl carbamates (subject to hydrolysis) is 1. The molecule has 0 saturated carbocycles. The van der Waals surface area contributed by atoms with E-state index in [1.165, 1.54) is 17.0 Å². The van der Waals surface area contributed by atoms with Crippen molar-refractivity contribution < 1.29 is 29.0 Å². The quantitative estimate of drug-likeness (QED) is 0.339. The maximum absolute atomic E-state index is 14.0. The van der Waals surface area contributed by atoms with Crippen molar-refractivity contribution in [1.29, 1.82) is 0 Å². The van der Waals surface area contributed by atoms with Gasteiger partial charge in [0.2, 0.25) is 5.91 Å². The summed E-state index contributed by atoms with van der Waals surface area (Å²) in [5.74, 6) is 0.0833. The summed E-state index contributed by atoms with van der Waals surface area (Å²) in [4.78, 5) is 41.8. The number of carbonyl (C=O) groups is 3. The highest BCUT2D eigenvalue weighted by Crippen LogP contribution is 2.30. The molecule has 3 unspecified atom stereocenters. The largest absolute Gasteiger partial charge is 0.508 e. The van der Waals surface area contributed by atoms with E-state index >= 15 is 0 Å². The van der Waals surface area contributed by atoms with Crippen LogP contribution in [0.1, 0.15) is 72.9 Å². The molecule has 214 valence electrons. The predicted octanol–water partition coefficient (Wildman–Crippen LogP) is 5.65. The Hall–Kier alpha value is -3.75. The summed E-state index contributed by atoms with van der Waals surface area (Å²) in [6.07, 6.45) is 0.731. The fourth-order valence-electron chi connectivity index (χ4n) is 4.10. The number of hydrogen-bond acceptors (Lipinski definition) is 6. The molecular formula is C30H43N3O6. The molecule has 0 radical (unpaired) electrons. The van der Waals surface area contributed by atoms with Crippen LogP contribution in [0.15, 0.2) is 48.5 Å². The van der Waals surface area contributed by atoms with E-state index in [1.54, 1.807) is 71.2 Å². The average Bonchev–Trinajstić information content (AvgIpc) is 2.84. The molecule has 2 aromatic carbocycles. The summed E-state index contributed by atoms with van der Waals surface area (Å²) in [5.41, 5.74) is 0.225. The molecule has 39 heavy (non-hydrogen) atoms. The molecule has 9 nitrogen and oxygen atoms in total. The highest BCUT2D eigenvalue weighted by Gasteiger charge is 2.37. The third-order valence-electron chi connectivity index (χ3n) is 6.06. The Bertz CT molecular complexity index is 1110. The Labute approximate surface area is 231 Å². The Morgan fingerprint density at radius 2 is 1.62 bits per heavy atom. The van der Waals surface area contributed by atoms with Gasteiger partial charge < -0.3 is 30.1 Å². The molecule has 0 aliphatic rings. The summed E-state index contributed by atoms with van der Waals surface area (Å²) in [5, 5.41) is 15.7. The predicted molar refractivity (Wildman–Crippen MR) is 152 cm³/mol. The van der Waals surface area contributed by atoms with Crippen LogP contribution in [-0.2, 0) is 14.3 Å². The van der Waals surface area contributed by atoms with E-state index in [1.807, 2.05) is 6.92 Å². The topological polar surface area (TPSA) is 117 Å². The number of amides is 3. The van der Waals surface area contributed by atoms with Gasteiger partial charge >= 0.3 is 6.09 Å². The van der Waals surface area contributed by atoms with Gasteiger partial charge in [0.15, 0.2) is 0 Å². The fraction of sp³-hybridized carbons (Fsp3) is 0.500. The minimum Gasteiger partial charge on any atom is -0.508 e. The van der Waals surface area contributed by atoms with Crippen LogP contribution in [0.3, 0.4) is 0 Å². The number of methoxy groups -OCH3 is 1. The standard InChI is InChI=1S/C30H43N3O6/c1-19(2)12-13-20(3)33(28(36)21(4)31-29(37)39-30(5,6)7)26(22-10-9-11-24(34)18-22)27(35)32-23-14-16-25(38-8)17-15-23/h9-11,14-21,26,34H,12-13H2,1-8H3,(H,31,37)(H,32,35). The van der Waals surface area contributed by atoms with Crippen LogP contribution in [-0.4, -0.2) is 52.7 Å². The second-order valence-corrected chi connectivity index (χ2v) is 11.1. The molecule has 0 heterocycles. The van der Waals surface area contributed by atoms with E-state index in [2.05, 4.69) is 24.5 Å². The second-order valence-electron chi connectivity index (χ2n) is 11.1. The first-order chi connectivity index (χ1) is 18.2.